The molecule has 6 heteroatoms. The number of nitrogens with two attached hydrogens (primary N) is 1. The average Bonchev–Trinajstić information content (AvgIpc) is 2.90. The highest BCUT2D eigenvalue weighted by Gasteiger charge is 2.18. The van der Waals surface area contributed by atoms with E-state index in [9.17, 15) is 0 Å². The minimum atomic E-state index is -0.104. The molecule has 0 spiro atoms. The fraction of sp³-hybridized carbons (Fsp3) is 0.533. The average molecular weight is 288 g/mol. The van der Waals surface area contributed by atoms with Crippen LogP contribution in [0, 0.1) is 0 Å². The number of rotatable bonds is 6. The summed E-state index contributed by atoms with van der Waals surface area (Å²) in [6.07, 6.45) is 7.78. The number of aryl methyl sites for hydroxylation is 1. The molecule has 0 bridgehead atoms. The zero-order chi connectivity index (χ0) is 15.3. The zero-order valence-electron chi connectivity index (χ0n) is 13.0. The predicted molar refractivity (Wildman–Crippen MR) is 85.1 cm³/mol. The summed E-state index contributed by atoms with van der Waals surface area (Å²) in [6.45, 7) is 8.10. The van der Waals surface area contributed by atoms with E-state index in [4.69, 9.17) is 5.73 Å². The van der Waals surface area contributed by atoms with Gasteiger partial charge < -0.3 is 15.6 Å². The summed E-state index contributed by atoms with van der Waals surface area (Å²) in [6, 6.07) is 1.78. The molecule has 0 saturated heterocycles. The van der Waals surface area contributed by atoms with Crippen LogP contribution in [0.1, 0.15) is 39.4 Å². The van der Waals surface area contributed by atoms with E-state index in [1.54, 1.807) is 12.3 Å². The monoisotopic (exact) mass is 288 g/mol. The van der Waals surface area contributed by atoms with Gasteiger partial charge in [0.15, 0.2) is 0 Å². The summed E-state index contributed by atoms with van der Waals surface area (Å²) >= 11 is 0. The van der Waals surface area contributed by atoms with Crippen molar-refractivity contribution in [3.63, 3.8) is 0 Å². The second-order valence-electron chi connectivity index (χ2n) is 6.19. The van der Waals surface area contributed by atoms with Crippen LogP contribution in [0.3, 0.4) is 0 Å². The number of aromatic nitrogens is 4. The number of nitrogen functional groups attached to an aromatic ring is 1. The lowest BCUT2D eigenvalue weighted by Gasteiger charge is -2.18. The summed E-state index contributed by atoms with van der Waals surface area (Å²) < 4.78 is 2.08. The van der Waals surface area contributed by atoms with Crippen molar-refractivity contribution in [2.45, 2.75) is 45.6 Å². The van der Waals surface area contributed by atoms with Crippen molar-refractivity contribution in [1.82, 2.24) is 19.5 Å². The maximum Gasteiger partial charge on any atom is 0.138 e. The summed E-state index contributed by atoms with van der Waals surface area (Å²) in [5.41, 5.74) is 5.75. The Bertz CT molecular complexity index is 556. The van der Waals surface area contributed by atoms with Gasteiger partial charge in [-0.25, -0.2) is 15.0 Å². The maximum atomic E-state index is 5.85. The number of anilines is 2. The van der Waals surface area contributed by atoms with Crippen LogP contribution in [0.4, 0.5) is 11.6 Å². The lowest BCUT2D eigenvalue weighted by Crippen LogP contribution is -2.18. The van der Waals surface area contributed by atoms with Crippen LogP contribution in [0.25, 0.3) is 0 Å². The fourth-order valence-corrected chi connectivity index (χ4v) is 1.95. The Morgan fingerprint density at radius 3 is 2.71 bits per heavy atom. The summed E-state index contributed by atoms with van der Waals surface area (Å²) in [5.74, 6) is 2.08. The molecule has 3 N–H and O–H groups in total. The third kappa shape index (κ3) is 4.73. The molecule has 0 atom stereocenters. The number of hydrogen-bond acceptors (Lipinski definition) is 5. The Hall–Kier alpha value is -2.11. The molecular formula is C15H24N6. The van der Waals surface area contributed by atoms with Crippen LogP contribution >= 0.6 is 0 Å². The summed E-state index contributed by atoms with van der Waals surface area (Å²) in [4.78, 5) is 12.9. The second-order valence-corrected chi connectivity index (χ2v) is 6.19. The molecule has 0 unspecified atom stereocenters. The molecule has 0 amide bonds. The van der Waals surface area contributed by atoms with E-state index in [0.717, 1.165) is 37.6 Å². The highest BCUT2D eigenvalue weighted by atomic mass is 15.1. The molecule has 0 aliphatic carbocycles. The molecule has 0 aliphatic rings. The van der Waals surface area contributed by atoms with Gasteiger partial charge >= 0.3 is 0 Å². The van der Waals surface area contributed by atoms with Gasteiger partial charge in [0.2, 0.25) is 0 Å². The molecule has 2 rings (SSSR count). The van der Waals surface area contributed by atoms with Gasteiger partial charge in [0.1, 0.15) is 17.5 Å². The molecule has 0 aliphatic heterocycles. The second kappa shape index (κ2) is 6.56. The first kappa shape index (κ1) is 15.3. The molecule has 114 valence electrons. The van der Waals surface area contributed by atoms with Crippen molar-refractivity contribution in [2.75, 3.05) is 17.6 Å². The normalized spacial score (nSPS) is 11.6. The number of imidazole rings is 1. The van der Waals surface area contributed by atoms with Gasteiger partial charge in [-0.05, 0) is 12.8 Å². The Morgan fingerprint density at radius 2 is 2.05 bits per heavy atom. The molecule has 2 heterocycles. The Morgan fingerprint density at radius 1 is 1.24 bits per heavy atom. The first-order valence-corrected chi connectivity index (χ1v) is 7.30. The van der Waals surface area contributed by atoms with Gasteiger partial charge in [0.05, 0.1) is 6.33 Å². The molecular weight excluding hydrogens is 264 g/mol. The quantitative estimate of drug-likeness (QED) is 0.798. The Balaban J connectivity index is 1.81. The molecule has 0 radical (unpaired) electrons. The summed E-state index contributed by atoms with van der Waals surface area (Å²) in [5, 5.41) is 3.32. The van der Waals surface area contributed by atoms with Gasteiger partial charge in [0.25, 0.3) is 0 Å². The smallest absolute Gasteiger partial charge is 0.138 e. The molecule has 21 heavy (non-hydrogen) atoms. The number of unbranched alkanes of at least 4 members (excludes halogenated alkanes) is 1. The van der Waals surface area contributed by atoms with Gasteiger partial charge in [-0.1, -0.05) is 20.8 Å². The van der Waals surface area contributed by atoms with Crippen LogP contribution < -0.4 is 11.1 Å². The predicted octanol–water partition coefficient (Wildman–Crippen LogP) is 2.45. The first-order chi connectivity index (χ1) is 9.95. The molecule has 6 nitrogen and oxygen atoms in total. The maximum absolute atomic E-state index is 5.85. The highest BCUT2D eigenvalue weighted by Crippen LogP contribution is 2.21. The fourth-order valence-electron chi connectivity index (χ4n) is 1.95. The number of hydrogen-bond donors (Lipinski definition) is 2. The summed E-state index contributed by atoms with van der Waals surface area (Å²) in [7, 11) is 0. The van der Waals surface area contributed by atoms with E-state index in [-0.39, 0.29) is 5.41 Å². The molecule has 2 aromatic rings. The minimum Gasteiger partial charge on any atom is -0.384 e. The van der Waals surface area contributed by atoms with Crippen molar-refractivity contribution in [3.05, 3.63) is 30.6 Å². The lowest BCUT2D eigenvalue weighted by molar-refractivity contribution is 0.546. The Kier molecular flexibility index (Phi) is 4.77. The van der Waals surface area contributed by atoms with Gasteiger partial charge in [-0.2, -0.15) is 0 Å². The van der Waals surface area contributed by atoms with E-state index < -0.39 is 0 Å². The highest BCUT2D eigenvalue weighted by molar-refractivity contribution is 5.45. The van der Waals surface area contributed by atoms with Crippen LogP contribution in [-0.2, 0) is 12.0 Å². The van der Waals surface area contributed by atoms with Crippen molar-refractivity contribution in [1.29, 1.82) is 0 Å². The standard InChI is InChI=1S/C15H24N6/c1-15(2,3)14-19-12(16)10-13(20-14)18-6-4-5-8-21-9-7-17-11-21/h7,9-11H,4-6,8H2,1-3H3,(H3,16,18,19,20). The third-order valence-electron chi connectivity index (χ3n) is 3.13. The molecule has 0 saturated carbocycles. The van der Waals surface area contributed by atoms with E-state index in [1.807, 2.05) is 12.5 Å². The van der Waals surface area contributed by atoms with E-state index in [0.29, 0.717) is 5.82 Å². The van der Waals surface area contributed by atoms with Gasteiger partial charge in [-0.3, -0.25) is 0 Å². The van der Waals surface area contributed by atoms with E-state index in [2.05, 4.69) is 45.6 Å². The number of nitrogens with one attached hydrogen (secondary N) is 1. The van der Waals surface area contributed by atoms with Crippen LogP contribution in [0.2, 0.25) is 0 Å². The Labute approximate surface area is 125 Å². The molecule has 0 aromatic carbocycles. The lowest BCUT2D eigenvalue weighted by atomic mass is 9.96. The van der Waals surface area contributed by atoms with Crippen molar-refractivity contribution >= 4 is 11.6 Å². The van der Waals surface area contributed by atoms with Crippen LogP contribution in [-0.4, -0.2) is 26.1 Å². The van der Waals surface area contributed by atoms with Gasteiger partial charge in [-0.15, -0.1) is 0 Å². The van der Waals surface area contributed by atoms with Crippen molar-refractivity contribution < 1.29 is 0 Å². The minimum absolute atomic E-state index is 0.104. The zero-order valence-corrected chi connectivity index (χ0v) is 13.0. The third-order valence-corrected chi connectivity index (χ3v) is 3.13. The molecule has 2 aromatic heterocycles. The molecule has 0 fully saturated rings. The first-order valence-electron chi connectivity index (χ1n) is 7.30. The number of nitrogens with zero attached hydrogens (tertiary/aromatic N) is 4. The van der Waals surface area contributed by atoms with Crippen molar-refractivity contribution in [3.8, 4) is 0 Å². The largest absolute Gasteiger partial charge is 0.384 e. The SMILES string of the molecule is CC(C)(C)c1nc(N)cc(NCCCCn2ccnc2)n1. The van der Waals surface area contributed by atoms with E-state index >= 15 is 0 Å². The van der Waals surface area contributed by atoms with Crippen LogP contribution in [0.15, 0.2) is 24.8 Å². The van der Waals surface area contributed by atoms with Gasteiger partial charge in [0, 0.05) is 37.0 Å². The van der Waals surface area contributed by atoms with Crippen LogP contribution in [0.5, 0.6) is 0 Å². The van der Waals surface area contributed by atoms with E-state index in [1.165, 1.54) is 0 Å². The topological polar surface area (TPSA) is 81.6 Å². The van der Waals surface area contributed by atoms with Crippen molar-refractivity contribution in [2.24, 2.45) is 0 Å².